The molecule has 5 nitrogen and oxygen atoms in total. The fourth-order valence-electron chi connectivity index (χ4n) is 3.39. The molecule has 1 amide bonds. The Bertz CT molecular complexity index is 862. The number of aromatic amines is 1. The van der Waals surface area contributed by atoms with Gasteiger partial charge in [-0.25, -0.2) is 4.98 Å². The van der Waals surface area contributed by atoms with Crippen LogP contribution in [0.2, 0.25) is 0 Å². The Morgan fingerprint density at radius 3 is 2.77 bits per heavy atom. The number of piperidine rings is 1. The molecule has 1 atom stereocenters. The minimum absolute atomic E-state index is 0.0415. The summed E-state index contributed by atoms with van der Waals surface area (Å²) >= 11 is 0. The Morgan fingerprint density at radius 1 is 1.12 bits per heavy atom. The van der Waals surface area contributed by atoms with Crippen LogP contribution in [0.4, 0.5) is 0 Å². The van der Waals surface area contributed by atoms with Gasteiger partial charge >= 0.3 is 0 Å². The summed E-state index contributed by atoms with van der Waals surface area (Å²) in [5, 5.41) is 0. The molecule has 1 N–H and O–H groups in total. The van der Waals surface area contributed by atoms with Crippen LogP contribution >= 0.6 is 0 Å². The van der Waals surface area contributed by atoms with E-state index in [1.54, 1.807) is 6.20 Å². The Labute approximate surface area is 152 Å². The molecule has 3 aromatic rings. The van der Waals surface area contributed by atoms with Gasteiger partial charge in [-0.2, -0.15) is 0 Å². The number of rotatable bonds is 4. The van der Waals surface area contributed by atoms with Crippen LogP contribution in [0.15, 0.2) is 67.0 Å². The third-order valence-electron chi connectivity index (χ3n) is 4.67. The summed E-state index contributed by atoms with van der Waals surface area (Å²) in [5.41, 5.74) is 0.651. The molecule has 0 aliphatic carbocycles. The summed E-state index contributed by atoms with van der Waals surface area (Å²) in [7, 11) is 0. The zero-order chi connectivity index (χ0) is 17.8. The maximum Gasteiger partial charge on any atom is 0.254 e. The molecule has 1 fully saturated rings. The summed E-state index contributed by atoms with van der Waals surface area (Å²) in [5.74, 6) is 2.70. The van der Waals surface area contributed by atoms with E-state index in [0.29, 0.717) is 17.9 Å². The lowest BCUT2D eigenvalue weighted by atomic mass is 9.96. The van der Waals surface area contributed by atoms with Crippen molar-refractivity contribution in [3.8, 4) is 11.5 Å². The first-order valence-electron chi connectivity index (χ1n) is 8.91. The predicted octanol–water partition coefficient (Wildman–Crippen LogP) is 4.22. The van der Waals surface area contributed by atoms with Crippen LogP contribution in [-0.2, 0) is 0 Å². The number of carbonyl (C=O) groups excluding carboxylic acids is 1. The minimum Gasteiger partial charge on any atom is -0.457 e. The van der Waals surface area contributed by atoms with E-state index >= 15 is 0 Å². The van der Waals surface area contributed by atoms with Crippen molar-refractivity contribution in [1.29, 1.82) is 0 Å². The fourth-order valence-corrected chi connectivity index (χ4v) is 3.39. The highest BCUT2D eigenvalue weighted by molar-refractivity contribution is 5.94. The van der Waals surface area contributed by atoms with Gasteiger partial charge in [-0.3, -0.25) is 4.79 Å². The molecule has 0 saturated carbocycles. The Balaban J connectivity index is 1.48. The molecule has 1 aliphatic heterocycles. The number of H-pyrrole nitrogens is 1. The van der Waals surface area contributed by atoms with Crippen molar-refractivity contribution in [3.05, 3.63) is 78.4 Å². The number of hydrogen-bond acceptors (Lipinski definition) is 3. The molecule has 26 heavy (non-hydrogen) atoms. The molecule has 1 aliphatic rings. The van der Waals surface area contributed by atoms with Crippen LogP contribution in [0, 0.1) is 0 Å². The number of likely N-dealkylation sites (tertiary alicyclic amines) is 1. The maximum atomic E-state index is 13.0. The molecule has 5 heteroatoms. The van der Waals surface area contributed by atoms with E-state index in [1.807, 2.05) is 65.7 Å². The molecule has 2 heterocycles. The van der Waals surface area contributed by atoms with E-state index in [1.165, 1.54) is 0 Å². The number of hydrogen-bond donors (Lipinski definition) is 1. The number of nitrogens with zero attached hydrogens (tertiary/aromatic N) is 2. The largest absolute Gasteiger partial charge is 0.457 e. The predicted molar refractivity (Wildman–Crippen MR) is 99.4 cm³/mol. The molecule has 1 aromatic heterocycles. The number of nitrogens with one attached hydrogen (secondary N) is 1. The van der Waals surface area contributed by atoms with Gasteiger partial charge in [-0.05, 0) is 43.2 Å². The van der Waals surface area contributed by atoms with Crippen molar-refractivity contribution < 1.29 is 9.53 Å². The lowest BCUT2D eigenvalue weighted by Gasteiger charge is -2.32. The van der Waals surface area contributed by atoms with Crippen molar-refractivity contribution in [3.63, 3.8) is 0 Å². The van der Waals surface area contributed by atoms with E-state index in [9.17, 15) is 4.79 Å². The number of benzene rings is 2. The van der Waals surface area contributed by atoms with Crippen LogP contribution in [0.25, 0.3) is 0 Å². The third kappa shape index (κ3) is 3.61. The number of aromatic nitrogens is 2. The van der Waals surface area contributed by atoms with Crippen LogP contribution in [0.5, 0.6) is 11.5 Å². The van der Waals surface area contributed by atoms with E-state index in [-0.39, 0.29) is 11.8 Å². The van der Waals surface area contributed by atoms with Gasteiger partial charge in [-0.1, -0.05) is 24.3 Å². The topological polar surface area (TPSA) is 58.2 Å². The average molecular weight is 347 g/mol. The second kappa shape index (κ2) is 7.44. The molecule has 0 unspecified atom stereocenters. The Hall–Kier alpha value is -3.08. The van der Waals surface area contributed by atoms with E-state index in [4.69, 9.17) is 4.74 Å². The molecule has 132 valence electrons. The Kier molecular flexibility index (Phi) is 4.69. The molecule has 0 bridgehead atoms. The SMILES string of the molecule is O=C(c1cccc(Oc2ccccc2)c1)N1CCC[C@@H](c2ncc[nH]2)C1. The van der Waals surface area contributed by atoms with Crippen molar-refractivity contribution in [2.75, 3.05) is 13.1 Å². The zero-order valence-corrected chi connectivity index (χ0v) is 14.5. The fraction of sp³-hybridized carbons (Fsp3) is 0.238. The average Bonchev–Trinajstić information content (AvgIpc) is 3.23. The highest BCUT2D eigenvalue weighted by Crippen LogP contribution is 2.27. The number of amides is 1. The summed E-state index contributed by atoms with van der Waals surface area (Å²) in [6, 6.07) is 17.0. The standard InChI is InChI=1S/C21H21N3O2/c25-21(24-13-5-7-17(15-24)20-22-11-12-23-20)16-6-4-10-19(14-16)26-18-8-2-1-3-9-18/h1-4,6,8-12,14,17H,5,7,13,15H2,(H,22,23)/t17-/m1/s1. The molecule has 2 aromatic carbocycles. The minimum atomic E-state index is 0.0415. The van der Waals surface area contributed by atoms with Crippen molar-refractivity contribution in [1.82, 2.24) is 14.9 Å². The molecule has 0 spiro atoms. The quantitative estimate of drug-likeness (QED) is 0.769. The van der Waals surface area contributed by atoms with Crippen LogP contribution < -0.4 is 4.74 Å². The number of ether oxygens (including phenoxy) is 1. The van der Waals surface area contributed by atoms with Gasteiger partial charge in [0.1, 0.15) is 17.3 Å². The molecule has 1 saturated heterocycles. The van der Waals surface area contributed by atoms with Gasteiger partial charge in [0.05, 0.1) is 0 Å². The Morgan fingerprint density at radius 2 is 1.96 bits per heavy atom. The molecule has 0 radical (unpaired) electrons. The summed E-state index contributed by atoms with van der Waals surface area (Å²) in [6.45, 7) is 1.47. The second-order valence-corrected chi connectivity index (χ2v) is 6.51. The van der Waals surface area contributed by atoms with Crippen LogP contribution in [-0.4, -0.2) is 33.9 Å². The lowest BCUT2D eigenvalue weighted by Crippen LogP contribution is -2.39. The van der Waals surface area contributed by atoms with Crippen LogP contribution in [0.3, 0.4) is 0 Å². The maximum absolute atomic E-state index is 13.0. The van der Waals surface area contributed by atoms with E-state index < -0.39 is 0 Å². The van der Waals surface area contributed by atoms with Crippen molar-refractivity contribution >= 4 is 5.91 Å². The molecular weight excluding hydrogens is 326 g/mol. The van der Waals surface area contributed by atoms with Gasteiger partial charge in [0, 0.05) is 37.0 Å². The van der Waals surface area contributed by atoms with Gasteiger partial charge < -0.3 is 14.6 Å². The summed E-state index contributed by atoms with van der Waals surface area (Å²) in [6.07, 6.45) is 5.63. The number of carbonyl (C=O) groups is 1. The summed E-state index contributed by atoms with van der Waals surface area (Å²) < 4.78 is 5.85. The monoisotopic (exact) mass is 347 g/mol. The third-order valence-corrected chi connectivity index (χ3v) is 4.67. The van der Waals surface area contributed by atoms with E-state index in [2.05, 4.69) is 9.97 Å². The molecule has 4 rings (SSSR count). The van der Waals surface area contributed by atoms with Gasteiger partial charge in [-0.15, -0.1) is 0 Å². The lowest BCUT2D eigenvalue weighted by molar-refractivity contribution is 0.0704. The van der Waals surface area contributed by atoms with Gasteiger partial charge in [0.2, 0.25) is 0 Å². The smallest absolute Gasteiger partial charge is 0.254 e. The van der Waals surface area contributed by atoms with Crippen molar-refractivity contribution in [2.45, 2.75) is 18.8 Å². The van der Waals surface area contributed by atoms with Gasteiger partial charge in [0.15, 0.2) is 0 Å². The first kappa shape index (κ1) is 16.4. The van der Waals surface area contributed by atoms with Crippen molar-refractivity contribution in [2.24, 2.45) is 0 Å². The second-order valence-electron chi connectivity index (χ2n) is 6.51. The number of imidazole rings is 1. The number of para-hydroxylation sites is 1. The molecular formula is C21H21N3O2. The first-order chi connectivity index (χ1) is 12.8. The first-order valence-corrected chi connectivity index (χ1v) is 8.91. The highest BCUT2D eigenvalue weighted by Gasteiger charge is 2.26. The van der Waals surface area contributed by atoms with Crippen LogP contribution in [0.1, 0.15) is 34.9 Å². The highest BCUT2D eigenvalue weighted by atomic mass is 16.5. The summed E-state index contributed by atoms with van der Waals surface area (Å²) in [4.78, 5) is 22.4. The zero-order valence-electron chi connectivity index (χ0n) is 14.5. The van der Waals surface area contributed by atoms with E-state index in [0.717, 1.165) is 31.0 Å². The normalized spacial score (nSPS) is 17.1. The van der Waals surface area contributed by atoms with Gasteiger partial charge in [0.25, 0.3) is 5.91 Å².